The zero-order valence-corrected chi connectivity index (χ0v) is 14.6. The van der Waals surface area contributed by atoms with Crippen LogP contribution < -0.4 is 0 Å². The zero-order chi connectivity index (χ0) is 18.7. The van der Waals surface area contributed by atoms with Crippen molar-refractivity contribution in [1.82, 2.24) is 14.7 Å². The minimum Gasteiger partial charge on any atom is -0.478 e. The van der Waals surface area contributed by atoms with Gasteiger partial charge < -0.3 is 10.0 Å². The third-order valence-electron chi connectivity index (χ3n) is 4.78. The average Bonchev–Trinajstić information content (AvgIpc) is 3.12. The summed E-state index contributed by atoms with van der Waals surface area (Å²) < 4.78 is 15.0. The summed E-state index contributed by atoms with van der Waals surface area (Å²) in [4.78, 5) is 25.6. The molecule has 3 rings (SSSR count). The number of carboxylic acid groups (broad SMARTS) is 1. The SMILES string of the molecule is C[C@H](Cc1cccc(F)c1)C(=O)N1CCC[C@@H](n2cc(C(=O)O)cn2)C1. The Morgan fingerprint density at radius 3 is 2.92 bits per heavy atom. The minimum absolute atomic E-state index is 0.0258. The van der Waals surface area contributed by atoms with Crippen molar-refractivity contribution in [2.45, 2.75) is 32.2 Å². The highest BCUT2D eigenvalue weighted by Gasteiger charge is 2.28. The first-order valence-corrected chi connectivity index (χ1v) is 8.74. The zero-order valence-electron chi connectivity index (χ0n) is 14.6. The van der Waals surface area contributed by atoms with Gasteiger partial charge in [0.25, 0.3) is 0 Å². The summed E-state index contributed by atoms with van der Waals surface area (Å²) >= 11 is 0. The van der Waals surface area contributed by atoms with Crippen molar-refractivity contribution >= 4 is 11.9 Å². The van der Waals surface area contributed by atoms with Gasteiger partial charge in [-0.05, 0) is 37.0 Å². The number of carbonyl (C=O) groups excluding carboxylic acids is 1. The van der Waals surface area contributed by atoms with Crippen molar-refractivity contribution < 1.29 is 19.1 Å². The minimum atomic E-state index is -1.01. The van der Waals surface area contributed by atoms with Crippen LogP contribution in [0.15, 0.2) is 36.7 Å². The standard InChI is InChI=1S/C19H22FN3O3/c1-13(8-14-4-2-5-16(20)9-14)18(24)22-7-3-6-17(12-22)23-11-15(10-21-23)19(25)26/h2,4-5,9-11,13,17H,3,6-8,12H2,1H3,(H,25,26)/t13-,17-/m1/s1. The molecule has 0 spiro atoms. The lowest BCUT2D eigenvalue weighted by Crippen LogP contribution is -2.43. The van der Waals surface area contributed by atoms with E-state index in [1.54, 1.807) is 15.6 Å². The Hall–Kier alpha value is -2.70. The Bertz CT molecular complexity index is 805. The number of amides is 1. The van der Waals surface area contributed by atoms with Crippen molar-refractivity contribution in [3.63, 3.8) is 0 Å². The van der Waals surface area contributed by atoms with Crippen LogP contribution in [-0.4, -0.2) is 44.8 Å². The number of aromatic nitrogens is 2. The van der Waals surface area contributed by atoms with E-state index in [0.29, 0.717) is 19.5 Å². The smallest absolute Gasteiger partial charge is 0.338 e. The molecule has 1 N–H and O–H groups in total. The van der Waals surface area contributed by atoms with Crippen LogP contribution in [0.4, 0.5) is 4.39 Å². The second kappa shape index (κ2) is 7.68. The number of likely N-dealkylation sites (tertiary alicyclic amines) is 1. The van der Waals surface area contributed by atoms with Crippen molar-refractivity contribution in [3.8, 4) is 0 Å². The normalized spacial score (nSPS) is 18.5. The van der Waals surface area contributed by atoms with Crippen LogP contribution >= 0.6 is 0 Å². The summed E-state index contributed by atoms with van der Waals surface area (Å²) in [5.74, 6) is -1.52. The van der Waals surface area contributed by atoms with Gasteiger partial charge in [-0.2, -0.15) is 5.10 Å². The Morgan fingerprint density at radius 1 is 1.42 bits per heavy atom. The molecule has 0 aliphatic carbocycles. The number of hydrogen-bond donors (Lipinski definition) is 1. The van der Waals surface area contributed by atoms with Gasteiger partial charge in [0, 0.05) is 25.2 Å². The Morgan fingerprint density at radius 2 is 2.23 bits per heavy atom. The fourth-order valence-electron chi connectivity index (χ4n) is 3.44. The van der Waals surface area contributed by atoms with Crippen LogP contribution in [-0.2, 0) is 11.2 Å². The van der Waals surface area contributed by atoms with Crippen molar-refractivity contribution in [2.24, 2.45) is 5.92 Å². The van der Waals surface area contributed by atoms with E-state index in [2.05, 4.69) is 5.10 Å². The van der Waals surface area contributed by atoms with E-state index in [0.717, 1.165) is 18.4 Å². The molecular formula is C19H22FN3O3. The number of piperidine rings is 1. The van der Waals surface area contributed by atoms with E-state index in [4.69, 9.17) is 5.11 Å². The highest BCUT2D eigenvalue weighted by Crippen LogP contribution is 2.23. The molecule has 6 nitrogen and oxygen atoms in total. The number of rotatable bonds is 5. The number of aromatic carboxylic acids is 1. The molecule has 0 radical (unpaired) electrons. The first kappa shape index (κ1) is 18.1. The van der Waals surface area contributed by atoms with Gasteiger partial charge in [-0.1, -0.05) is 19.1 Å². The monoisotopic (exact) mass is 359 g/mol. The molecule has 0 bridgehead atoms. The molecule has 2 atom stereocenters. The van der Waals surface area contributed by atoms with Crippen molar-refractivity contribution in [2.75, 3.05) is 13.1 Å². The van der Waals surface area contributed by atoms with Gasteiger partial charge in [0.2, 0.25) is 5.91 Å². The summed E-state index contributed by atoms with van der Waals surface area (Å²) in [6, 6.07) is 6.29. The summed E-state index contributed by atoms with van der Waals surface area (Å²) in [6.07, 6.45) is 5.02. The highest BCUT2D eigenvalue weighted by molar-refractivity contribution is 5.86. The Labute approximate surface area is 151 Å². The van der Waals surface area contributed by atoms with Crippen LogP contribution in [0.5, 0.6) is 0 Å². The van der Waals surface area contributed by atoms with Crippen molar-refractivity contribution in [1.29, 1.82) is 0 Å². The molecule has 7 heteroatoms. The van der Waals surface area contributed by atoms with Gasteiger partial charge in [-0.3, -0.25) is 9.48 Å². The van der Waals surface area contributed by atoms with E-state index in [9.17, 15) is 14.0 Å². The molecule has 1 aromatic carbocycles. The predicted octanol–water partition coefficient (Wildman–Crippen LogP) is 2.76. The van der Waals surface area contributed by atoms with Crippen molar-refractivity contribution in [3.05, 3.63) is 53.6 Å². The largest absolute Gasteiger partial charge is 0.478 e. The molecule has 0 saturated carbocycles. The molecule has 0 unspecified atom stereocenters. The molecule has 138 valence electrons. The first-order chi connectivity index (χ1) is 12.4. The van der Waals surface area contributed by atoms with Gasteiger partial charge in [-0.25, -0.2) is 9.18 Å². The third kappa shape index (κ3) is 4.09. The lowest BCUT2D eigenvalue weighted by atomic mass is 9.97. The second-order valence-electron chi connectivity index (χ2n) is 6.83. The Balaban J connectivity index is 1.64. The van der Waals surface area contributed by atoms with E-state index >= 15 is 0 Å². The predicted molar refractivity (Wildman–Crippen MR) is 93.3 cm³/mol. The number of carbonyl (C=O) groups is 2. The van der Waals surface area contributed by atoms with E-state index in [-0.39, 0.29) is 29.2 Å². The van der Waals surface area contributed by atoms with Crippen LogP contribution in [0, 0.1) is 11.7 Å². The quantitative estimate of drug-likeness (QED) is 0.891. The van der Waals surface area contributed by atoms with Crippen LogP contribution in [0.1, 0.15) is 41.7 Å². The first-order valence-electron chi connectivity index (χ1n) is 8.74. The van der Waals surface area contributed by atoms with Gasteiger partial charge >= 0.3 is 5.97 Å². The van der Waals surface area contributed by atoms with Crippen LogP contribution in [0.2, 0.25) is 0 Å². The summed E-state index contributed by atoms with van der Waals surface area (Å²) in [5.41, 5.74) is 0.950. The molecule has 1 fully saturated rings. The molecule has 1 amide bonds. The molecule has 1 aliphatic heterocycles. The van der Waals surface area contributed by atoms with Gasteiger partial charge in [-0.15, -0.1) is 0 Å². The number of benzene rings is 1. The fraction of sp³-hybridized carbons (Fsp3) is 0.421. The van der Waals surface area contributed by atoms with Crippen LogP contribution in [0.25, 0.3) is 0 Å². The number of halogens is 1. The lowest BCUT2D eigenvalue weighted by Gasteiger charge is -2.34. The van der Waals surface area contributed by atoms with E-state index in [1.165, 1.54) is 24.5 Å². The fourth-order valence-corrected chi connectivity index (χ4v) is 3.44. The summed E-state index contributed by atoms with van der Waals surface area (Å²) in [5, 5.41) is 13.2. The molecule has 1 aliphatic rings. The maximum Gasteiger partial charge on any atom is 0.338 e. The summed E-state index contributed by atoms with van der Waals surface area (Å²) in [7, 11) is 0. The van der Waals surface area contributed by atoms with Gasteiger partial charge in [0.05, 0.1) is 17.8 Å². The maximum atomic E-state index is 13.3. The molecule has 26 heavy (non-hydrogen) atoms. The molecule has 2 aromatic rings. The maximum absolute atomic E-state index is 13.3. The second-order valence-corrected chi connectivity index (χ2v) is 6.83. The number of carboxylic acids is 1. The number of hydrogen-bond acceptors (Lipinski definition) is 3. The lowest BCUT2D eigenvalue weighted by molar-refractivity contribution is -0.136. The van der Waals surface area contributed by atoms with E-state index < -0.39 is 5.97 Å². The Kier molecular flexibility index (Phi) is 5.35. The highest BCUT2D eigenvalue weighted by atomic mass is 19.1. The molecule has 1 aromatic heterocycles. The number of nitrogens with zero attached hydrogens (tertiary/aromatic N) is 3. The van der Waals surface area contributed by atoms with Gasteiger partial charge in [0.15, 0.2) is 0 Å². The topological polar surface area (TPSA) is 75.4 Å². The molecule has 1 saturated heterocycles. The summed E-state index contributed by atoms with van der Waals surface area (Å²) in [6.45, 7) is 3.04. The van der Waals surface area contributed by atoms with Gasteiger partial charge in [0.1, 0.15) is 5.82 Å². The van der Waals surface area contributed by atoms with E-state index in [1.807, 2.05) is 13.0 Å². The molecule has 2 heterocycles. The van der Waals surface area contributed by atoms with Crippen LogP contribution in [0.3, 0.4) is 0 Å². The third-order valence-corrected chi connectivity index (χ3v) is 4.78. The average molecular weight is 359 g/mol. The molecular weight excluding hydrogens is 337 g/mol.